The zero-order valence-electron chi connectivity index (χ0n) is 24.3. The summed E-state index contributed by atoms with van der Waals surface area (Å²) in [7, 11) is 0. The number of carbonyl (C=O) groups excluding carboxylic acids is 1. The van der Waals surface area contributed by atoms with E-state index in [-0.39, 0.29) is 25.2 Å². The third-order valence-corrected chi connectivity index (χ3v) is 9.61. The van der Waals surface area contributed by atoms with Gasteiger partial charge < -0.3 is 9.80 Å². The number of hydrogen-bond donors (Lipinski definition) is 0. The third-order valence-electron chi connectivity index (χ3n) is 9.61. The number of benzene rings is 3. The van der Waals surface area contributed by atoms with E-state index in [1.54, 1.807) is 29.2 Å². The molecule has 3 aromatic carbocycles. The Morgan fingerprint density at radius 3 is 2.50 bits per heavy atom. The number of likely N-dealkylation sites (tertiary alicyclic amines) is 1. The largest absolute Gasteiger partial charge is 0.339 e. The fourth-order valence-electron chi connectivity index (χ4n) is 7.41. The molecule has 1 atom stereocenters. The fraction of sp³-hybridized carbons (Fsp3) is 0.294. The second-order valence-corrected chi connectivity index (χ2v) is 11.9. The van der Waals surface area contributed by atoms with Crippen molar-refractivity contribution in [3.8, 4) is 11.3 Å². The van der Waals surface area contributed by atoms with Crippen LogP contribution in [0.4, 0.5) is 10.1 Å². The lowest BCUT2D eigenvalue weighted by molar-refractivity contribution is -0.134. The summed E-state index contributed by atoms with van der Waals surface area (Å²) in [5.41, 5.74) is 4.69. The molecule has 1 amide bonds. The first-order chi connectivity index (χ1) is 21.1. The molecular formula is C34H34FN7OS. The van der Waals surface area contributed by atoms with Gasteiger partial charge in [-0.1, -0.05) is 41.6 Å². The monoisotopic (exact) mass is 607 g/mol. The van der Waals surface area contributed by atoms with Gasteiger partial charge in [0.25, 0.3) is 0 Å². The highest BCUT2D eigenvalue weighted by molar-refractivity contribution is 7.59. The zero-order chi connectivity index (χ0) is 29.0. The van der Waals surface area contributed by atoms with Gasteiger partial charge in [0.1, 0.15) is 17.1 Å². The molecule has 0 unspecified atom stereocenters. The summed E-state index contributed by atoms with van der Waals surface area (Å²) in [6.07, 6.45) is 7.83. The summed E-state index contributed by atoms with van der Waals surface area (Å²) in [5, 5.41) is 11.3. The van der Waals surface area contributed by atoms with Crippen LogP contribution in [0.3, 0.4) is 0 Å². The normalized spacial score (nSPS) is 19.2. The van der Waals surface area contributed by atoms with Gasteiger partial charge in [-0.2, -0.15) is 13.5 Å². The van der Waals surface area contributed by atoms with Crippen LogP contribution in [0.2, 0.25) is 0 Å². The quantitative estimate of drug-likeness (QED) is 0.265. The molecule has 2 saturated heterocycles. The first-order valence-electron chi connectivity index (χ1n) is 15.0. The van der Waals surface area contributed by atoms with Crippen LogP contribution in [0.5, 0.6) is 0 Å². The zero-order valence-corrected chi connectivity index (χ0v) is 25.3. The van der Waals surface area contributed by atoms with E-state index in [2.05, 4.69) is 61.5 Å². The minimum Gasteiger partial charge on any atom is -0.339 e. The van der Waals surface area contributed by atoms with Gasteiger partial charge in [-0.15, -0.1) is 5.10 Å². The van der Waals surface area contributed by atoms with Crippen LogP contribution in [0.25, 0.3) is 22.0 Å². The topological polar surface area (TPSA) is 70.4 Å². The number of hydrogen-bond acceptors (Lipinski definition) is 6. The predicted octanol–water partition coefficient (Wildman–Crippen LogP) is 5.18. The van der Waals surface area contributed by atoms with Crippen molar-refractivity contribution < 1.29 is 9.18 Å². The Balaban J connectivity index is 0.00000312. The molecule has 4 heterocycles. The van der Waals surface area contributed by atoms with Gasteiger partial charge in [0.15, 0.2) is 0 Å². The van der Waals surface area contributed by atoms with Crippen LogP contribution in [0.15, 0.2) is 91.4 Å². The molecule has 0 N–H and O–H groups in total. The number of rotatable bonds is 6. The molecule has 8 nitrogen and oxygen atoms in total. The summed E-state index contributed by atoms with van der Waals surface area (Å²) in [6, 6.07) is 23.9. The van der Waals surface area contributed by atoms with Gasteiger partial charge in [0, 0.05) is 49.3 Å². The van der Waals surface area contributed by atoms with Gasteiger partial charge >= 0.3 is 0 Å². The van der Waals surface area contributed by atoms with Crippen molar-refractivity contribution >= 4 is 35.9 Å². The molecule has 1 aliphatic carbocycles. The number of nitrogens with zero attached hydrogens (tertiary/aromatic N) is 7. The first kappa shape index (κ1) is 28.5. The van der Waals surface area contributed by atoms with E-state index in [1.165, 1.54) is 34.0 Å². The maximum absolute atomic E-state index is 14.3. The van der Waals surface area contributed by atoms with E-state index in [0.717, 1.165) is 49.3 Å². The third kappa shape index (κ3) is 4.73. The number of aromatic nitrogens is 4. The van der Waals surface area contributed by atoms with Gasteiger partial charge in [0.2, 0.25) is 5.91 Å². The van der Waals surface area contributed by atoms with E-state index in [1.807, 2.05) is 23.2 Å². The lowest BCUT2D eigenvalue weighted by Crippen LogP contribution is -2.57. The highest BCUT2D eigenvalue weighted by Crippen LogP contribution is 2.45. The summed E-state index contributed by atoms with van der Waals surface area (Å²) in [4.78, 5) is 25.1. The standard InChI is InChI=1S/C34H32FN7O.H2S/c35-27-9-11-28(12-10-27)42-23-40(18-19-41-22-30(37-38-41)26-7-3-15-36-21-26)33(43)34(42)13-16-39(17-14-34)31-20-25-6-1-4-24-5-2-8-29(31)32(24)25;/h1-12,15,21-22,31H,13-14,16-20,23H2;1H2/t31-;/m0./s1. The molecule has 5 aromatic rings. The van der Waals surface area contributed by atoms with Gasteiger partial charge in [-0.05, 0) is 77.6 Å². The van der Waals surface area contributed by atoms with Crippen LogP contribution in [0, 0.1) is 5.82 Å². The van der Waals surface area contributed by atoms with Crippen LogP contribution >= 0.6 is 13.5 Å². The number of pyridine rings is 1. The van der Waals surface area contributed by atoms with Crippen LogP contribution in [-0.4, -0.2) is 67.5 Å². The van der Waals surface area contributed by atoms with Gasteiger partial charge in [-0.3, -0.25) is 19.4 Å². The molecule has 44 heavy (non-hydrogen) atoms. The average Bonchev–Trinajstić information content (AvgIpc) is 3.75. The Bertz CT molecular complexity index is 1800. The SMILES string of the molecule is O=C1N(CCn2cc(-c3cccnc3)nn2)CN(c2ccc(F)cc2)C12CCN([C@H]1Cc3cccc4cccc1c34)CC2.S. The minimum atomic E-state index is -0.658. The molecule has 8 rings (SSSR count). The fourth-order valence-corrected chi connectivity index (χ4v) is 7.41. The number of anilines is 1. The van der Waals surface area contributed by atoms with Crippen molar-refractivity contribution in [2.45, 2.75) is 37.4 Å². The maximum Gasteiger partial charge on any atom is 0.250 e. The molecular weight excluding hydrogens is 573 g/mol. The minimum absolute atomic E-state index is 0. The van der Waals surface area contributed by atoms with Crippen LogP contribution in [-0.2, 0) is 17.8 Å². The molecule has 2 aliphatic heterocycles. The maximum atomic E-state index is 14.3. The number of halogens is 1. The molecule has 2 fully saturated rings. The summed E-state index contributed by atoms with van der Waals surface area (Å²) >= 11 is 0. The Kier molecular flexibility index (Phi) is 7.34. The van der Waals surface area contributed by atoms with E-state index in [9.17, 15) is 9.18 Å². The Morgan fingerprint density at radius 2 is 1.73 bits per heavy atom. The molecule has 10 heteroatoms. The van der Waals surface area contributed by atoms with E-state index in [4.69, 9.17) is 0 Å². The Hall–Kier alpha value is -4.28. The highest BCUT2D eigenvalue weighted by Gasteiger charge is 2.54. The summed E-state index contributed by atoms with van der Waals surface area (Å²) in [6.45, 7) is 3.15. The molecule has 3 aliphatic rings. The number of amides is 1. The number of piperidine rings is 1. The van der Waals surface area contributed by atoms with Crippen molar-refractivity contribution in [2.24, 2.45) is 0 Å². The summed E-state index contributed by atoms with van der Waals surface area (Å²) in [5.74, 6) is -0.138. The van der Waals surface area contributed by atoms with E-state index >= 15 is 0 Å². The molecule has 2 aromatic heterocycles. The molecule has 0 bridgehead atoms. The van der Waals surface area contributed by atoms with Crippen molar-refractivity contribution in [3.63, 3.8) is 0 Å². The predicted molar refractivity (Wildman–Crippen MR) is 173 cm³/mol. The summed E-state index contributed by atoms with van der Waals surface area (Å²) < 4.78 is 15.7. The smallest absolute Gasteiger partial charge is 0.250 e. The van der Waals surface area contributed by atoms with E-state index in [0.29, 0.717) is 25.8 Å². The Labute approximate surface area is 262 Å². The van der Waals surface area contributed by atoms with Crippen molar-refractivity contribution in [1.82, 2.24) is 29.8 Å². The second kappa shape index (κ2) is 11.3. The van der Waals surface area contributed by atoms with Gasteiger partial charge in [0.05, 0.1) is 19.4 Å². The number of carbonyl (C=O) groups is 1. The molecule has 0 saturated carbocycles. The van der Waals surface area contributed by atoms with Crippen molar-refractivity contribution in [3.05, 3.63) is 108 Å². The van der Waals surface area contributed by atoms with Crippen molar-refractivity contribution in [2.75, 3.05) is 31.2 Å². The van der Waals surface area contributed by atoms with Crippen LogP contribution < -0.4 is 4.90 Å². The lowest BCUT2D eigenvalue weighted by atomic mass is 9.84. The molecule has 1 spiro atoms. The second-order valence-electron chi connectivity index (χ2n) is 11.9. The van der Waals surface area contributed by atoms with Crippen LogP contribution in [0.1, 0.15) is 30.0 Å². The molecule has 0 radical (unpaired) electrons. The van der Waals surface area contributed by atoms with Crippen molar-refractivity contribution in [1.29, 1.82) is 0 Å². The first-order valence-corrected chi connectivity index (χ1v) is 15.0. The Morgan fingerprint density at radius 1 is 0.932 bits per heavy atom. The average molecular weight is 608 g/mol. The lowest BCUT2D eigenvalue weighted by Gasteiger charge is -2.45. The molecule has 224 valence electrons. The highest BCUT2D eigenvalue weighted by atomic mass is 32.1. The van der Waals surface area contributed by atoms with Gasteiger partial charge in [-0.25, -0.2) is 4.39 Å². The van der Waals surface area contributed by atoms with E-state index < -0.39 is 5.54 Å².